The normalized spacial score (nSPS) is 18.1. The number of imide groups is 1. The van der Waals surface area contributed by atoms with E-state index in [1.807, 2.05) is 13.8 Å². The highest BCUT2D eigenvalue weighted by atomic mass is 32.2. The van der Waals surface area contributed by atoms with Gasteiger partial charge in [-0.3, -0.25) is 10.1 Å². The zero-order valence-electron chi connectivity index (χ0n) is 18.2. The summed E-state index contributed by atoms with van der Waals surface area (Å²) in [5.41, 5.74) is 0.595. The first-order valence-corrected chi connectivity index (χ1v) is 11.8. The van der Waals surface area contributed by atoms with Gasteiger partial charge in [-0.05, 0) is 43.9 Å². The zero-order chi connectivity index (χ0) is 23.2. The van der Waals surface area contributed by atoms with Gasteiger partial charge < -0.3 is 9.64 Å². The summed E-state index contributed by atoms with van der Waals surface area (Å²) in [5, 5.41) is 2.22. The molecule has 0 aliphatic carbocycles. The highest BCUT2D eigenvalue weighted by Crippen LogP contribution is 2.24. The fraction of sp³-hybridized carbons (Fsp3) is 0.524. The van der Waals surface area contributed by atoms with Gasteiger partial charge in [0.25, 0.3) is 5.91 Å². The maximum absolute atomic E-state index is 13.9. The fourth-order valence-corrected chi connectivity index (χ4v) is 4.16. The van der Waals surface area contributed by atoms with Crippen molar-refractivity contribution in [3.05, 3.63) is 41.7 Å². The molecule has 2 rings (SSSR count). The number of allylic oxidation sites excluding steroid dienone is 1. The van der Waals surface area contributed by atoms with E-state index >= 15 is 0 Å². The van der Waals surface area contributed by atoms with Crippen LogP contribution in [-0.2, 0) is 14.8 Å². The van der Waals surface area contributed by atoms with Crippen molar-refractivity contribution in [1.29, 1.82) is 0 Å². The van der Waals surface area contributed by atoms with Gasteiger partial charge in [0, 0.05) is 12.6 Å². The molecule has 1 saturated heterocycles. The summed E-state index contributed by atoms with van der Waals surface area (Å²) in [7, 11) is -3.59. The molecular weight excluding hydrogens is 425 g/mol. The third kappa shape index (κ3) is 7.32. The Bertz CT molecular complexity index is 933. The van der Waals surface area contributed by atoms with E-state index in [0.717, 1.165) is 0 Å². The predicted molar refractivity (Wildman–Crippen MR) is 116 cm³/mol. The molecule has 0 radical (unpaired) electrons. The van der Waals surface area contributed by atoms with Crippen molar-refractivity contribution in [3.8, 4) is 5.75 Å². The maximum atomic E-state index is 13.9. The van der Waals surface area contributed by atoms with E-state index in [1.165, 1.54) is 23.1 Å². The molecule has 3 amide bonds. The lowest BCUT2D eigenvalue weighted by Gasteiger charge is -2.17. The first-order valence-electron chi connectivity index (χ1n) is 10.2. The van der Waals surface area contributed by atoms with Gasteiger partial charge in [-0.2, -0.15) is 0 Å². The molecule has 0 saturated carbocycles. The van der Waals surface area contributed by atoms with E-state index in [4.69, 9.17) is 4.74 Å². The number of ether oxygens (including phenoxy) is 1. The summed E-state index contributed by atoms with van der Waals surface area (Å²) in [5.74, 6) is -0.661. The summed E-state index contributed by atoms with van der Waals surface area (Å²) < 4.78 is 46.7. The van der Waals surface area contributed by atoms with Crippen LogP contribution in [0.15, 0.2) is 30.4 Å². The molecule has 0 bridgehead atoms. The van der Waals surface area contributed by atoms with Crippen molar-refractivity contribution in [3.63, 3.8) is 0 Å². The number of rotatable bonds is 11. The first kappa shape index (κ1) is 24.8. The third-order valence-electron chi connectivity index (χ3n) is 4.74. The molecule has 1 fully saturated rings. The van der Waals surface area contributed by atoms with Crippen molar-refractivity contribution in [2.24, 2.45) is 5.92 Å². The van der Waals surface area contributed by atoms with Crippen LogP contribution >= 0.6 is 0 Å². The quantitative estimate of drug-likeness (QED) is 0.394. The molecule has 2 atom stereocenters. The Morgan fingerprint density at radius 3 is 2.58 bits per heavy atom. The summed E-state index contributed by atoms with van der Waals surface area (Å²) >= 11 is 0. The number of hydrogen-bond donors (Lipinski definition) is 2. The van der Waals surface area contributed by atoms with Crippen LogP contribution in [0.2, 0.25) is 0 Å². The van der Waals surface area contributed by atoms with Crippen molar-refractivity contribution < 1.29 is 27.1 Å². The lowest BCUT2D eigenvalue weighted by atomic mass is 10.1. The summed E-state index contributed by atoms with van der Waals surface area (Å²) in [6.45, 7) is 7.78. The molecule has 0 spiro atoms. The Morgan fingerprint density at radius 2 is 1.97 bits per heavy atom. The molecule has 31 heavy (non-hydrogen) atoms. The van der Waals surface area contributed by atoms with Crippen molar-refractivity contribution >= 4 is 22.0 Å². The Hall–Kier alpha value is -2.46. The van der Waals surface area contributed by atoms with E-state index in [-0.39, 0.29) is 36.3 Å². The van der Waals surface area contributed by atoms with Crippen LogP contribution < -0.4 is 14.8 Å². The highest BCUT2D eigenvalue weighted by Gasteiger charge is 2.33. The number of benzene rings is 1. The Balaban J connectivity index is 1.87. The number of carbonyl (C=O) groups excluding carboxylic acids is 2. The van der Waals surface area contributed by atoms with E-state index in [2.05, 4.69) is 10.0 Å². The molecule has 1 aromatic rings. The first-order chi connectivity index (χ1) is 14.5. The number of amides is 3. The predicted octanol–water partition coefficient (Wildman–Crippen LogP) is 2.73. The molecule has 1 aliphatic rings. The topological polar surface area (TPSA) is 105 Å². The van der Waals surface area contributed by atoms with E-state index < -0.39 is 34.0 Å². The van der Waals surface area contributed by atoms with Crippen LogP contribution in [0.3, 0.4) is 0 Å². The van der Waals surface area contributed by atoms with Crippen LogP contribution in [0.5, 0.6) is 5.75 Å². The molecule has 172 valence electrons. The van der Waals surface area contributed by atoms with Crippen molar-refractivity contribution in [2.75, 3.05) is 18.9 Å². The number of nitrogens with zero attached hydrogens (tertiary/aromatic N) is 1. The number of urea groups is 1. The molecule has 0 aromatic heterocycles. The lowest BCUT2D eigenvalue weighted by molar-refractivity contribution is -0.120. The Kier molecular flexibility index (Phi) is 8.58. The van der Waals surface area contributed by atoms with Crippen molar-refractivity contribution in [2.45, 2.75) is 46.2 Å². The van der Waals surface area contributed by atoms with Crippen LogP contribution in [0, 0.1) is 11.7 Å². The number of hydrogen-bond acceptors (Lipinski definition) is 5. The summed E-state index contributed by atoms with van der Waals surface area (Å²) in [6.07, 6.45) is 3.56. The largest absolute Gasteiger partial charge is 0.490 e. The fourth-order valence-electron chi connectivity index (χ4n) is 2.92. The lowest BCUT2D eigenvalue weighted by Crippen LogP contribution is -2.33. The molecule has 10 heteroatoms. The average Bonchev–Trinajstić information content (AvgIpc) is 2.92. The number of sulfonamides is 1. The standard InChI is InChI=1S/C21H30FN3O5S/c1-14(2)13-30-19-12-17(8-9-18(19)22)15(3)24-31(28,29)11-7-5-6-10-25-16(4)20(26)23-21(25)27/h5-6,8-9,12,14-16,24H,7,10-11,13H2,1-4H3,(H,23,26,27)/b6-5+/t15-,16-/m1/s1. The van der Waals surface area contributed by atoms with Crippen LogP contribution in [-0.4, -0.2) is 50.2 Å². The molecule has 1 aromatic carbocycles. The summed E-state index contributed by atoms with van der Waals surface area (Å²) in [6, 6.07) is 2.73. The van der Waals surface area contributed by atoms with Gasteiger partial charge in [0.05, 0.1) is 12.4 Å². The average molecular weight is 456 g/mol. The zero-order valence-corrected chi connectivity index (χ0v) is 19.0. The number of carbonyl (C=O) groups is 2. The molecule has 1 aliphatic heterocycles. The molecule has 0 unspecified atom stereocenters. The van der Waals surface area contributed by atoms with Gasteiger partial charge in [-0.25, -0.2) is 22.3 Å². The molecule has 2 N–H and O–H groups in total. The van der Waals surface area contributed by atoms with Crippen LogP contribution in [0.1, 0.15) is 45.7 Å². The van der Waals surface area contributed by atoms with Gasteiger partial charge >= 0.3 is 6.03 Å². The van der Waals surface area contributed by atoms with E-state index in [1.54, 1.807) is 26.0 Å². The third-order valence-corrected chi connectivity index (χ3v) is 6.23. The maximum Gasteiger partial charge on any atom is 0.325 e. The second-order valence-electron chi connectivity index (χ2n) is 7.94. The van der Waals surface area contributed by atoms with Gasteiger partial charge in [0.2, 0.25) is 10.0 Å². The smallest absolute Gasteiger partial charge is 0.325 e. The van der Waals surface area contributed by atoms with E-state index in [0.29, 0.717) is 12.2 Å². The molecule has 1 heterocycles. The van der Waals surface area contributed by atoms with Gasteiger partial charge in [-0.15, -0.1) is 0 Å². The Labute approximate surface area is 182 Å². The monoisotopic (exact) mass is 455 g/mol. The van der Waals surface area contributed by atoms with Crippen molar-refractivity contribution in [1.82, 2.24) is 14.9 Å². The van der Waals surface area contributed by atoms with Crippen LogP contribution in [0.25, 0.3) is 0 Å². The minimum Gasteiger partial charge on any atom is -0.490 e. The molecular formula is C21H30FN3O5S. The second kappa shape index (κ2) is 10.7. The van der Waals surface area contributed by atoms with Gasteiger partial charge in [0.15, 0.2) is 11.6 Å². The molecule has 8 nitrogen and oxygen atoms in total. The SMILES string of the molecule is CC(C)COc1cc([C@@H](C)NS(=O)(=O)CC/C=C/CN2C(=O)NC(=O)[C@H]2C)ccc1F. The minimum atomic E-state index is -3.59. The van der Waals surface area contributed by atoms with Gasteiger partial charge in [0.1, 0.15) is 6.04 Å². The van der Waals surface area contributed by atoms with Crippen LogP contribution in [0.4, 0.5) is 9.18 Å². The van der Waals surface area contributed by atoms with E-state index in [9.17, 15) is 22.4 Å². The minimum absolute atomic E-state index is 0.0961. The number of nitrogens with one attached hydrogen (secondary N) is 2. The summed E-state index contributed by atoms with van der Waals surface area (Å²) in [4.78, 5) is 24.4. The highest BCUT2D eigenvalue weighted by molar-refractivity contribution is 7.89. The van der Waals surface area contributed by atoms with Gasteiger partial charge in [-0.1, -0.05) is 32.1 Å². The second-order valence-corrected chi connectivity index (χ2v) is 9.81. The number of halogens is 1. The Morgan fingerprint density at radius 1 is 1.26 bits per heavy atom.